The third-order valence-electron chi connectivity index (χ3n) is 4.45. The molecular weight excluding hydrogens is 194 g/mol. The lowest BCUT2D eigenvalue weighted by Crippen LogP contribution is -2.16. The van der Waals surface area contributed by atoms with Crippen LogP contribution in [0.3, 0.4) is 0 Å². The van der Waals surface area contributed by atoms with E-state index in [4.69, 9.17) is 5.73 Å². The first kappa shape index (κ1) is 10.3. The van der Waals surface area contributed by atoms with Crippen molar-refractivity contribution in [1.29, 1.82) is 0 Å². The van der Waals surface area contributed by atoms with Crippen molar-refractivity contribution in [2.24, 2.45) is 5.73 Å². The maximum atomic E-state index is 6.04. The largest absolute Gasteiger partial charge is 0.328 e. The summed E-state index contributed by atoms with van der Waals surface area (Å²) in [6.45, 7) is 0. The van der Waals surface area contributed by atoms with E-state index < -0.39 is 0 Å². The van der Waals surface area contributed by atoms with Crippen molar-refractivity contribution in [1.82, 2.24) is 0 Å². The highest BCUT2D eigenvalue weighted by molar-refractivity contribution is 5.35. The van der Waals surface area contributed by atoms with E-state index in [-0.39, 0.29) is 0 Å². The summed E-state index contributed by atoms with van der Waals surface area (Å²) < 4.78 is 0. The topological polar surface area (TPSA) is 26.0 Å². The number of hydrogen-bond acceptors (Lipinski definition) is 1. The van der Waals surface area contributed by atoms with Crippen LogP contribution < -0.4 is 5.73 Å². The second-order valence-electron chi connectivity index (χ2n) is 5.53. The summed E-state index contributed by atoms with van der Waals surface area (Å²) in [5, 5.41) is 0. The zero-order chi connectivity index (χ0) is 11.0. The maximum absolute atomic E-state index is 6.04. The Labute approximate surface area is 98.0 Å². The van der Waals surface area contributed by atoms with Crippen LogP contribution in [0.25, 0.3) is 0 Å². The number of benzene rings is 1. The highest BCUT2D eigenvalue weighted by atomic mass is 14.6. The van der Waals surface area contributed by atoms with Gasteiger partial charge in [-0.25, -0.2) is 0 Å². The molecule has 86 valence electrons. The molecule has 2 atom stereocenters. The first-order valence-corrected chi connectivity index (χ1v) is 6.69. The monoisotopic (exact) mass is 215 g/mol. The maximum Gasteiger partial charge on any atom is 0.00448 e. The van der Waals surface area contributed by atoms with Crippen LogP contribution in [-0.2, 0) is 0 Å². The Morgan fingerprint density at radius 3 is 2.06 bits per heavy atom. The molecule has 0 aromatic heterocycles. The second-order valence-corrected chi connectivity index (χ2v) is 5.53. The van der Waals surface area contributed by atoms with Gasteiger partial charge in [-0.1, -0.05) is 30.7 Å². The van der Waals surface area contributed by atoms with Crippen LogP contribution in [0.4, 0.5) is 0 Å². The van der Waals surface area contributed by atoms with E-state index in [1.165, 1.54) is 38.5 Å². The first-order chi connectivity index (χ1) is 7.84. The van der Waals surface area contributed by atoms with Gasteiger partial charge in [-0.15, -0.1) is 0 Å². The summed E-state index contributed by atoms with van der Waals surface area (Å²) in [7, 11) is 0. The van der Waals surface area contributed by atoms with E-state index in [0.717, 1.165) is 11.8 Å². The molecule has 1 aromatic carbocycles. The fraction of sp³-hybridized carbons (Fsp3) is 0.600. The first-order valence-electron chi connectivity index (χ1n) is 6.69. The molecule has 2 aliphatic carbocycles. The van der Waals surface area contributed by atoms with Gasteiger partial charge in [0.15, 0.2) is 0 Å². The van der Waals surface area contributed by atoms with Gasteiger partial charge in [0, 0.05) is 6.04 Å². The summed E-state index contributed by atoms with van der Waals surface area (Å²) in [5.41, 5.74) is 9.28. The van der Waals surface area contributed by atoms with E-state index in [1.54, 1.807) is 11.1 Å². The fourth-order valence-corrected chi connectivity index (χ4v) is 3.27. The molecule has 2 saturated carbocycles. The zero-order valence-electron chi connectivity index (χ0n) is 9.86. The minimum Gasteiger partial charge on any atom is -0.328 e. The minimum atomic E-state index is 0.444. The number of hydrogen-bond donors (Lipinski definition) is 1. The highest BCUT2D eigenvalue weighted by Gasteiger charge is 2.28. The van der Waals surface area contributed by atoms with Gasteiger partial charge in [-0.05, 0) is 55.1 Å². The molecule has 2 N–H and O–H groups in total. The normalized spacial score (nSPS) is 30.3. The molecule has 2 unspecified atom stereocenters. The average Bonchev–Trinajstić information content (AvgIpc) is 2.63. The Kier molecular flexibility index (Phi) is 2.72. The van der Waals surface area contributed by atoms with E-state index >= 15 is 0 Å². The van der Waals surface area contributed by atoms with Crippen molar-refractivity contribution in [2.45, 2.75) is 56.4 Å². The summed E-state index contributed by atoms with van der Waals surface area (Å²) >= 11 is 0. The molecule has 0 aliphatic heterocycles. The van der Waals surface area contributed by atoms with Crippen LogP contribution in [0.5, 0.6) is 0 Å². The van der Waals surface area contributed by atoms with Crippen LogP contribution in [0.1, 0.15) is 61.5 Å². The summed E-state index contributed by atoms with van der Waals surface area (Å²) in [6, 6.07) is 9.53. The van der Waals surface area contributed by atoms with Gasteiger partial charge in [0.2, 0.25) is 0 Å². The van der Waals surface area contributed by atoms with Gasteiger partial charge in [0.05, 0.1) is 0 Å². The summed E-state index contributed by atoms with van der Waals surface area (Å²) in [5.74, 6) is 1.60. The summed E-state index contributed by atoms with van der Waals surface area (Å²) in [6.07, 6.45) is 7.92. The van der Waals surface area contributed by atoms with Crippen LogP contribution >= 0.6 is 0 Å². The van der Waals surface area contributed by atoms with Gasteiger partial charge in [0.1, 0.15) is 0 Å². The van der Waals surface area contributed by atoms with Crippen molar-refractivity contribution in [3.63, 3.8) is 0 Å². The van der Waals surface area contributed by atoms with Crippen molar-refractivity contribution in [3.8, 4) is 0 Å². The van der Waals surface area contributed by atoms with Crippen LogP contribution in [0, 0.1) is 0 Å². The van der Waals surface area contributed by atoms with E-state index in [1.807, 2.05) is 0 Å². The van der Waals surface area contributed by atoms with E-state index in [2.05, 4.69) is 24.3 Å². The van der Waals surface area contributed by atoms with Crippen LogP contribution in [0.2, 0.25) is 0 Å². The zero-order valence-corrected chi connectivity index (χ0v) is 9.86. The van der Waals surface area contributed by atoms with Gasteiger partial charge in [0.25, 0.3) is 0 Å². The molecule has 2 fully saturated rings. The summed E-state index contributed by atoms with van der Waals surface area (Å²) in [4.78, 5) is 0. The van der Waals surface area contributed by atoms with Crippen molar-refractivity contribution in [3.05, 3.63) is 35.4 Å². The highest BCUT2D eigenvalue weighted by Crippen LogP contribution is 2.43. The minimum absolute atomic E-state index is 0.444. The Hall–Kier alpha value is -0.820. The molecule has 1 aromatic rings. The smallest absolute Gasteiger partial charge is 0.00448 e. The molecule has 2 aliphatic rings. The molecule has 0 spiro atoms. The molecular formula is C15H21N. The van der Waals surface area contributed by atoms with E-state index in [0.29, 0.717) is 6.04 Å². The lowest BCUT2D eigenvalue weighted by molar-refractivity contribution is 0.415. The average molecular weight is 215 g/mol. The molecule has 0 bridgehead atoms. The Bertz CT molecular complexity index is 367. The Morgan fingerprint density at radius 1 is 0.875 bits per heavy atom. The molecule has 0 amide bonds. The second kappa shape index (κ2) is 4.21. The molecule has 0 saturated heterocycles. The van der Waals surface area contributed by atoms with Crippen LogP contribution in [0.15, 0.2) is 24.3 Å². The van der Waals surface area contributed by atoms with Gasteiger partial charge in [-0.3, -0.25) is 0 Å². The third-order valence-corrected chi connectivity index (χ3v) is 4.45. The number of rotatable bonds is 2. The molecule has 1 nitrogen and oxygen atoms in total. The van der Waals surface area contributed by atoms with Gasteiger partial charge in [-0.2, -0.15) is 0 Å². The molecule has 3 rings (SSSR count). The molecule has 0 heterocycles. The predicted octanol–water partition coefficient (Wildman–Crippen LogP) is 3.55. The van der Waals surface area contributed by atoms with Gasteiger partial charge >= 0.3 is 0 Å². The standard InChI is InChI=1S/C15H21N/c16-13-9-8-12(10-13)15-7-2-1-6-14(15)11-4-3-5-11/h1-2,6-7,11-13H,3-5,8-10,16H2. The predicted molar refractivity (Wildman–Crippen MR) is 67.6 cm³/mol. The lowest BCUT2D eigenvalue weighted by atomic mass is 9.76. The SMILES string of the molecule is NC1CCC(c2ccccc2C2CCC2)C1. The Morgan fingerprint density at radius 2 is 1.56 bits per heavy atom. The van der Waals surface area contributed by atoms with Crippen molar-refractivity contribution in [2.75, 3.05) is 0 Å². The number of nitrogens with two attached hydrogens (primary N) is 1. The lowest BCUT2D eigenvalue weighted by Gasteiger charge is -2.29. The Balaban J connectivity index is 1.87. The van der Waals surface area contributed by atoms with Crippen LogP contribution in [-0.4, -0.2) is 6.04 Å². The molecule has 1 heteroatoms. The quantitative estimate of drug-likeness (QED) is 0.802. The fourth-order valence-electron chi connectivity index (χ4n) is 3.27. The van der Waals surface area contributed by atoms with Crippen molar-refractivity contribution < 1.29 is 0 Å². The molecule has 0 radical (unpaired) electrons. The van der Waals surface area contributed by atoms with Crippen molar-refractivity contribution >= 4 is 0 Å². The molecule has 16 heavy (non-hydrogen) atoms. The third kappa shape index (κ3) is 1.78. The van der Waals surface area contributed by atoms with E-state index in [9.17, 15) is 0 Å². The van der Waals surface area contributed by atoms with Gasteiger partial charge < -0.3 is 5.73 Å².